The van der Waals surface area contributed by atoms with Gasteiger partial charge in [-0.3, -0.25) is 9.59 Å². The van der Waals surface area contributed by atoms with Crippen LogP contribution in [0.15, 0.2) is 97.2 Å². The predicted molar refractivity (Wildman–Crippen MR) is 313 cm³/mol. The van der Waals surface area contributed by atoms with Gasteiger partial charge >= 0.3 is 17.9 Å². The summed E-state index contributed by atoms with van der Waals surface area (Å²) in [5, 5.41) is 9.71. The number of aliphatic carboxylic acids is 1. The lowest BCUT2D eigenvalue weighted by atomic mass is 10.0. The molecule has 2 unspecified atom stereocenters. The Morgan fingerprint density at radius 2 is 0.770 bits per heavy atom. The van der Waals surface area contributed by atoms with Crippen molar-refractivity contribution in [2.75, 3.05) is 47.5 Å². The number of nitrogens with zero attached hydrogens (tertiary/aromatic N) is 1. The molecule has 0 amide bonds. The number of allylic oxidation sites excluding steroid dienone is 16. The van der Waals surface area contributed by atoms with Crippen LogP contribution in [0.1, 0.15) is 239 Å². The zero-order valence-electron chi connectivity index (χ0n) is 48.2. The lowest BCUT2D eigenvalue weighted by molar-refractivity contribution is -0.870. The molecule has 0 rings (SSSR count). The van der Waals surface area contributed by atoms with Gasteiger partial charge in [-0.15, -0.1) is 0 Å². The smallest absolute Gasteiger partial charge is 0.361 e. The quantitative estimate of drug-likeness (QED) is 0.0211. The number of likely N-dealkylation sites (N-methyl/N-ethyl adjacent to an activating group) is 1. The average molecular weight is 1040 g/mol. The summed E-state index contributed by atoms with van der Waals surface area (Å²) in [6, 6.07) is 0. The van der Waals surface area contributed by atoms with Crippen LogP contribution in [0.25, 0.3) is 0 Å². The third-order valence-corrected chi connectivity index (χ3v) is 12.6. The molecule has 0 fully saturated rings. The standard InChI is InChI=1S/C65H111NO8/c1-6-8-10-12-14-16-18-20-22-24-26-28-29-30-31-32-33-34-35-36-38-40-42-44-46-48-50-52-54-56-63(68)74-61(60-73-65(64(69)70)71-58-57-66(3,4)5)59-72-62(67)55-53-51-49-47-45-43-41-39-37-27-25-23-21-19-17-15-13-11-9-7-2/h8,10,14,16,20,22,26,28,30-31,33-34,36,38,42,44,61,65H,6-7,9,11-13,15,17-19,21,23-25,27,29,32,35,37,39-41,43,45-60H2,1-5H3/p+1/b10-8-,16-14-,22-20-,28-26-,31-30-,34-33-,38-36-,44-42-. The van der Waals surface area contributed by atoms with Crippen LogP contribution in [0.2, 0.25) is 0 Å². The number of carboxylic acids is 1. The van der Waals surface area contributed by atoms with Crippen molar-refractivity contribution in [1.29, 1.82) is 0 Å². The Bertz CT molecular complexity index is 1530. The topological polar surface area (TPSA) is 108 Å². The normalized spacial score (nSPS) is 13.5. The van der Waals surface area contributed by atoms with Crippen molar-refractivity contribution in [3.05, 3.63) is 97.2 Å². The van der Waals surface area contributed by atoms with Crippen molar-refractivity contribution in [3.63, 3.8) is 0 Å². The number of hydrogen-bond acceptors (Lipinski definition) is 7. The Labute approximate surface area is 454 Å². The van der Waals surface area contributed by atoms with Gasteiger partial charge in [0.2, 0.25) is 0 Å². The Kier molecular flexibility index (Phi) is 52.6. The number of carboxylic acid groups (broad SMARTS) is 1. The second kappa shape index (κ2) is 55.4. The second-order valence-corrected chi connectivity index (χ2v) is 20.9. The number of hydrogen-bond donors (Lipinski definition) is 1. The number of ether oxygens (including phenoxy) is 4. The third-order valence-electron chi connectivity index (χ3n) is 12.6. The number of esters is 2. The summed E-state index contributed by atoms with van der Waals surface area (Å²) in [6.45, 7) is 4.74. The molecule has 2 atom stereocenters. The first-order valence-electron chi connectivity index (χ1n) is 29.9. The van der Waals surface area contributed by atoms with E-state index in [1.165, 1.54) is 109 Å². The first-order chi connectivity index (χ1) is 36.1. The largest absolute Gasteiger partial charge is 0.477 e. The molecule has 1 N–H and O–H groups in total. The molecule has 0 bridgehead atoms. The molecular weight excluding hydrogens is 923 g/mol. The summed E-state index contributed by atoms with van der Waals surface area (Å²) in [5.41, 5.74) is 0. The highest BCUT2D eigenvalue weighted by Gasteiger charge is 2.25. The Morgan fingerprint density at radius 3 is 1.15 bits per heavy atom. The minimum Gasteiger partial charge on any atom is -0.477 e. The summed E-state index contributed by atoms with van der Waals surface area (Å²) in [6.07, 6.45) is 72.0. The van der Waals surface area contributed by atoms with E-state index < -0.39 is 24.3 Å². The van der Waals surface area contributed by atoms with Gasteiger partial charge in [0.25, 0.3) is 6.29 Å². The zero-order chi connectivity index (χ0) is 54.1. The molecule has 0 aromatic carbocycles. The molecule has 74 heavy (non-hydrogen) atoms. The Morgan fingerprint density at radius 1 is 0.419 bits per heavy atom. The van der Waals surface area contributed by atoms with Gasteiger partial charge in [-0.25, -0.2) is 4.79 Å². The van der Waals surface area contributed by atoms with Crippen LogP contribution in [0.4, 0.5) is 0 Å². The monoisotopic (exact) mass is 1030 g/mol. The maximum atomic E-state index is 12.9. The highest BCUT2D eigenvalue weighted by molar-refractivity contribution is 5.71. The van der Waals surface area contributed by atoms with E-state index in [1.807, 2.05) is 21.1 Å². The molecule has 9 heteroatoms. The average Bonchev–Trinajstić information content (AvgIpc) is 3.37. The summed E-state index contributed by atoms with van der Waals surface area (Å²) in [5.74, 6) is -2.04. The molecule has 0 saturated heterocycles. The summed E-state index contributed by atoms with van der Waals surface area (Å²) in [7, 11) is 5.96. The minimum atomic E-state index is -1.52. The van der Waals surface area contributed by atoms with Gasteiger partial charge in [0, 0.05) is 12.8 Å². The Hall–Kier alpha value is -3.79. The van der Waals surface area contributed by atoms with Crippen molar-refractivity contribution in [3.8, 4) is 0 Å². The molecule has 0 aliphatic carbocycles. The fourth-order valence-electron chi connectivity index (χ4n) is 8.03. The van der Waals surface area contributed by atoms with Crippen LogP contribution in [-0.2, 0) is 33.3 Å². The van der Waals surface area contributed by atoms with E-state index in [-0.39, 0.29) is 32.2 Å². The van der Waals surface area contributed by atoms with E-state index in [9.17, 15) is 19.5 Å². The van der Waals surface area contributed by atoms with Crippen LogP contribution in [0.3, 0.4) is 0 Å². The number of unbranched alkanes of at least 4 members (excludes halogenated alkanes) is 23. The van der Waals surface area contributed by atoms with Crippen LogP contribution < -0.4 is 0 Å². The summed E-state index contributed by atoms with van der Waals surface area (Å²) < 4.78 is 22.9. The molecule has 0 aliphatic rings. The van der Waals surface area contributed by atoms with Crippen molar-refractivity contribution >= 4 is 17.9 Å². The molecule has 0 radical (unpaired) electrons. The lowest BCUT2D eigenvalue weighted by Crippen LogP contribution is -2.40. The van der Waals surface area contributed by atoms with Crippen LogP contribution >= 0.6 is 0 Å². The zero-order valence-corrected chi connectivity index (χ0v) is 48.2. The fraction of sp³-hybridized carbons (Fsp3) is 0.708. The molecule has 0 spiro atoms. The molecule has 0 aliphatic heterocycles. The van der Waals surface area contributed by atoms with E-state index in [0.29, 0.717) is 23.9 Å². The van der Waals surface area contributed by atoms with E-state index in [0.717, 1.165) is 96.3 Å². The number of carbonyl (C=O) groups excluding carboxylic acids is 2. The van der Waals surface area contributed by atoms with Crippen LogP contribution in [-0.4, -0.2) is 87.4 Å². The molecule has 424 valence electrons. The molecule has 9 nitrogen and oxygen atoms in total. The van der Waals surface area contributed by atoms with Crippen molar-refractivity contribution in [1.82, 2.24) is 0 Å². The second-order valence-electron chi connectivity index (χ2n) is 20.9. The first kappa shape index (κ1) is 70.2. The van der Waals surface area contributed by atoms with Gasteiger partial charge in [0.1, 0.15) is 13.2 Å². The first-order valence-corrected chi connectivity index (χ1v) is 29.9. The summed E-state index contributed by atoms with van der Waals surface area (Å²) >= 11 is 0. The van der Waals surface area contributed by atoms with Gasteiger partial charge in [-0.05, 0) is 77.0 Å². The van der Waals surface area contributed by atoms with Crippen molar-refractivity contribution in [2.24, 2.45) is 0 Å². The van der Waals surface area contributed by atoms with E-state index in [1.54, 1.807) is 0 Å². The lowest BCUT2D eigenvalue weighted by Gasteiger charge is -2.25. The van der Waals surface area contributed by atoms with Crippen LogP contribution in [0.5, 0.6) is 0 Å². The Balaban J connectivity index is 4.32. The van der Waals surface area contributed by atoms with Crippen LogP contribution in [0, 0.1) is 0 Å². The van der Waals surface area contributed by atoms with Gasteiger partial charge < -0.3 is 28.5 Å². The van der Waals surface area contributed by atoms with Gasteiger partial charge in [-0.1, -0.05) is 246 Å². The maximum Gasteiger partial charge on any atom is 0.361 e. The van der Waals surface area contributed by atoms with E-state index >= 15 is 0 Å². The number of carbonyl (C=O) groups is 3. The third kappa shape index (κ3) is 55.9. The van der Waals surface area contributed by atoms with Gasteiger partial charge in [0.05, 0.1) is 34.4 Å². The predicted octanol–water partition coefficient (Wildman–Crippen LogP) is 17.7. The number of quaternary nitrogens is 1. The van der Waals surface area contributed by atoms with Crippen molar-refractivity contribution in [2.45, 2.75) is 251 Å². The summed E-state index contributed by atoms with van der Waals surface area (Å²) in [4.78, 5) is 37.4. The molecule has 0 aromatic heterocycles. The SMILES string of the molecule is CC/C=C\C/C=C\C/C=C\C/C=C\C/C=C\C/C=C\C/C=C\C/C=C\CCCCCCC(=O)OC(COC(=O)CCCCCCCCCCCCCCCCCCCCCC)COC(OCC[N+](C)(C)C)C(=O)O. The van der Waals surface area contributed by atoms with Gasteiger partial charge in [0.15, 0.2) is 6.10 Å². The van der Waals surface area contributed by atoms with Crippen molar-refractivity contribution < 1.29 is 42.9 Å². The number of rotatable bonds is 54. The minimum absolute atomic E-state index is 0.179. The van der Waals surface area contributed by atoms with E-state index in [4.69, 9.17) is 18.9 Å². The highest BCUT2D eigenvalue weighted by atomic mass is 16.7. The van der Waals surface area contributed by atoms with Gasteiger partial charge in [-0.2, -0.15) is 0 Å². The fourth-order valence-corrected chi connectivity index (χ4v) is 8.03. The molecule has 0 saturated carbocycles. The van der Waals surface area contributed by atoms with E-state index in [2.05, 4.69) is 111 Å². The molecule has 0 heterocycles. The highest BCUT2D eigenvalue weighted by Crippen LogP contribution is 2.16. The molecule has 0 aromatic rings. The molecular formula is C65H112NO8+. The maximum absolute atomic E-state index is 12.9.